The molecule has 1 aromatic carbocycles. The van der Waals surface area contributed by atoms with Crippen LogP contribution in [0.1, 0.15) is 32.3 Å². The lowest BCUT2D eigenvalue weighted by Gasteiger charge is -2.37. The molecule has 1 fully saturated rings. The topological polar surface area (TPSA) is 52.5 Å². The van der Waals surface area contributed by atoms with Gasteiger partial charge in [0.2, 0.25) is 0 Å². The molecule has 0 aliphatic carbocycles. The van der Waals surface area contributed by atoms with Gasteiger partial charge in [0, 0.05) is 0 Å². The zero-order valence-electron chi connectivity index (χ0n) is 10.5. The smallest absolute Gasteiger partial charge is 0.157 e. The number of nitrogens with one attached hydrogen (secondary N) is 1. The van der Waals surface area contributed by atoms with Crippen molar-refractivity contribution >= 4 is 0 Å². The Balaban J connectivity index is 2.26. The van der Waals surface area contributed by atoms with Crippen LogP contribution < -0.4 is 5.32 Å². The summed E-state index contributed by atoms with van der Waals surface area (Å²) in [5.74, 6) is 0.548. The molecule has 1 saturated heterocycles. The average Bonchev–Trinajstić information content (AvgIpc) is 2.33. The summed E-state index contributed by atoms with van der Waals surface area (Å²) in [4.78, 5) is 0. The number of aromatic hydroxyl groups is 2. The molecule has 0 radical (unpaired) electrons. The van der Waals surface area contributed by atoms with E-state index >= 15 is 0 Å². The highest BCUT2D eigenvalue weighted by Gasteiger charge is 2.32. The van der Waals surface area contributed by atoms with E-state index in [0.29, 0.717) is 5.92 Å². The molecule has 0 bridgehead atoms. The SMILES string of the molecule is CC(C)(c1ccc(O)c(O)c1)C1CCNCC1. The Kier molecular flexibility index (Phi) is 3.29. The quantitative estimate of drug-likeness (QED) is 0.690. The molecule has 0 saturated carbocycles. The van der Waals surface area contributed by atoms with Crippen LogP contribution in [-0.2, 0) is 5.41 Å². The summed E-state index contributed by atoms with van der Waals surface area (Å²) >= 11 is 0. The average molecular weight is 235 g/mol. The van der Waals surface area contributed by atoms with Crippen molar-refractivity contribution in [2.45, 2.75) is 32.1 Å². The van der Waals surface area contributed by atoms with Crippen molar-refractivity contribution in [1.82, 2.24) is 5.32 Å². The predicted molar refractivity (Wildman–Crippen MR) is 68.4 cm³/mol. The lowest BCUT2D eigenvalue weighted by Crippen LogP contribution is -2.38. The van der Waals surface area contributed by atoms with Gasteiger partial charge in [0.05, 0.1) is 0 Å². The van der Waals surface area contributed by atoms with Crippen LogP contribution in [0.4, 0.5) is 0 Å². The maximum absolute atomic E-state index is 9.60. The molecule has 0 atom stereocenters. The molecule has 94 valence electrons. The largest absolute Gasteiger partial charge is 0.504 e. The summed E-state index contributed by atoms with van der Waals surface area (Å²) in [6.45, 7) is 6.57. The third-order valence-electron chi connectivity index (χ3n) is 4.08. The van der Waals surface area contributed by atoms with E-state index in [1.807, 2.05) is 6.07 Å². The minimum Gasteiger partial charge on any atom is -0.504 e. The van der Waals surface area contributed by atoms with Crippen LogP contribution in [0.15, 0.2) is 18.2 Å². The summed E-state index contributed by atoms with van der Waals surface area (Å²) < 4.78 is 0. The fourth-order valence-corrected chi connectivity index (χ4v) is 2.70. The highest BCUT2D eigenvalue weighted by atomic mass is 16.3. The molecule has 3 heteroatoms. The van der Waals surface area contributed by atoms with E-state index in [1.165, 1.54) is 0 Å². The van der Waals surface area contributed by atoms with Crippen molar-refractivity contribution in [3.05, 3.63) is 23.8 Å². The van der Waals surface area contributed by atoms with E-state index in [9.17, 15) is 10.2 Å². The van der Waals surface area contributed by atoms with Crippen LogP contribution in [0.25, 0.3) is 0 Å². The molecule has 0 aromatic heterocycles. The molecule has 0 unspecified atom stereocenters. The summed E-state index contributed by atoms with van der Waals surface area (Å²) in [5, 5.41) is 22.3. The van der Waals surface area contributed by atoms with Crippen molar-refractivity contribution in [2.24, 2.45) is 5.92 Å². The standard InChI is InChI=1S/C14H21NO2/c1-14(2,10-5-7-15-8-6-10)11-3-4-12(16)13(17)9-11/h3-4,9-10,15-17H,5-8H2,1-2H3. The van der Waals surface area contributed by atoms with E-state index < -0.39 is 0 Å². The summed E-state index contributed by atoms with van der Waals surface area (Å²) in [5.41, 5.74) is 1.13. The van der Waals surface area contributed by atoms with Gasteiger partial charge in [0.1, 0.15) is 0 Å². The zero-order chi connectivity index (χ0) is 12.5. The molecule has 0 spiro atoms. The summed E-state index contributed by atoms with van der Waals surface area (Å²) in [6.07, 6.45) is 2.32. The number of hydrogen-bond donors (Lipinski definition) is 3. The van der Waals surface area contributed by atoms with Gasteiger partial charge in [-0.25, -0.2) is 0 Å². The molecular weight excluding hydrogens is 214 g/mol. The Morgan fingerprint density at radius 2 is 1.76 bits per heavy atom. The molecule has 3 nitrogen and oxygen atoms in total. The molecule has 1 aliphatic heterocycles. The summed E-state index contributed by atoms with van der Waals surface area (Å²) in [7, 11) is 0. The third-order valence-corrected chi connectivity index (χ3v) is 4.08. The Morgan fingerprint density at radius 3 is 2.35 bits per heavy atom. The second kappa shape index (κ2) is 4.57. The molecule has 2 rings (SSSR count). The second-order valence-corrected chi connectivity index (χ2v) is 5.45. The summed E-state index contributed by atoms with van der Waals surface area (Å²) in [6, 6.07) is 5.18. The van der Waals surface area contributed by atoms with E-state index in [4.69, 9.17) is 0 Å². The molecular formula is C14H21NO2. The zero-order valence-corrected chi connectivity index (χ0v) is 10.5. The molecule has 1 aromatic rings. The van der Waals surface area contributed by atoms with Crippen LogP contribution in [0, 0.1) is 5.92 Å². The third kappa shape index (κ3) is 2.39. The maximum atomic E-state index is 9.60. The first kappa shape index (κ1) is 12.2. The maximum Gasteiger partial charge on any atom is 0.157 e. The first-order valence-corrected chi connectivity index (χ1v) is 6.25. The highest BCUT2D eigenvalue weighted by molar-refractivity contribution is 5.43. The van der Waals surface area contributed by atoms with Gasteiger partial charge in [0.15, 0.2) is 11.5 Å². The minimum atomic E-state index is -0.0464. The van der Waals surface area contributed by atoms with Gasteiger partial charge in [-0.1, -0.05) is 19.9 Å². The van der Waals surface area contributed by atoms with E-state index in [2.05, 4.69) is 19.2 Å². The van der Waals surface area contributed by atoms with Crippen LogP contribution in [0.5, 0.6) is 11.5 Å². The van der Waals surface area contributed by atoms with Gasteiger partial charge in [-0.15, -0.1) is 0 Å². The first-order valence-electron chi connectivity index (χ1n) is 6.25. The van der Waals surface area contributed by atoms with Crippen LogP contribution in [0.3, 0.4) is 0 Å². The van der Waals surface area contributed by atoms with E-state index in [-0.39, 0.29) is 16.9 Å². The second-order valence-electron chi connectivity index (χ2n) is 5.45. The highest BCUT2D eigenvalue weighted by Crippen LogP contribution is 2.39. The Bertz CT molecular complexity index is 395. The molecule has 17 heavy (non-hydrogen) atoms. The number of phenols is 2. The number of hydrogen-bond acceptors (Lipinski definition) is 3. The molecule has 1 heterocycles. The fourth-order valence-electron chi connectivity index (χ4n) is 2.70. The first-order chi connectivity index (χ1) is 8.01. The normalized spacial score (nSPS) is 18.2. The van der Waals surface area contributed by atoms with Gasteiger partial charge in [-0.3, -0.25) is 0 Å². The Labute approximate surface area is 102 Å². The fraction of sp³-hybridized carbons (Fsp3) is 0.571. The number of phenolic OH excluding ortho intramolecular Hbond substituents is 2. The van der Waals surface area contributed by atoms with Crippen LogP contribution in [-0.4, -0.2) is 23.3 Å². The van der Waals surface area contributed by atoms with Crippen molar-refractivity contribution in [3.63, 3.8) is 0 Å². The lowest BCUT2D eigenvalue weighted by atomic mass is 9.69. The lowest BCUT2D eigenvalue weighted by molar-refractivity contribution is 0.246. The minimum absolute atomic E-state index is 0.0236. The van der Waals surface area contributed by atoms with Gasteiger partial charge in [-0.05, 0) is 55.0 Å². The molecule has 3 N–H and O–H groups in total. The molecule has 1 aliphatic rings. The van der Waals surface area contributed by atoms with Crippen LogP contribution >= 0.6 is 0 Å². The van der Waals surface area contributed by atoms with E-state index in [0.717, 1.165) is 31.5 Å². The Morgan fingerprint density at radius 1 is 1.12 bits per heavy atom. The molecule has 0 amide bonds. The van der Waals surface area contributed by atoms with E-state index in [1.54, 1.807) is 12.1 Å². The van der Waals surface area contributed by atoms with Crippen molar-refractivity contribution < 1.29 is 10.2 Å². The van der Waals surface area contributed by atoms with Gasteiger partial charge in [-0.2, -0.15) is 0 Å². The van der Waals surface area contributed by atoms with Gasteiger partial charge >= 0.3 is 0 Å². The number of piperidine rings is 1. The predicted octanol–water partition coefficient (Wildman–Crippen LogP) is 2.38. The van der Waals surface area contributed by atoms with Crippen molar-refractivity contribution in [1.29, 1.82) is 0 Å². The monoisotopic (exact) mass is 235 g/mol. The van der Waals surface area contributed by atoms with Crippen LogP contribution in [0.2, 0.25) is 0 Å². The van der Waals surface area contributed by atoms with Gasteiger partial charge in [0.25, 0.3) is 0 Å². The number of rotatable bonds is 2. The van der Waals surface area contributed by atoms with Crippen molar-refractivity contribution in [2.75, 3.05) is 13.1 Å². The van der Waals surface area contributed by atoms with Gasteiger partial charge < -0.3 is 15.5 Å². The number of benzene rings is 1. The Hall–Kier alpha value is -1.22. The van der Waals surface area contributed by atoms with Crippen molar-refractivity contribution in [3.8, 4) is 11.5 Å².